The van der Waals surface area contributed by atoms with E-state index in [9.17, 15) is 10.1 Å². The Balaban J connectivity index is 2.13. The lowest BCUT2D eigenvalue weighted by Crippen LogP contribution is -2.18. The lowest BCUT2D eigenvalue weighted by molar-refractivity contribution is -0.384. The maximum absolute atomic E-state index is 11.0. The summed E-state index contributed by atoms with van der Waals surface area (Å²) in [5.74, 6) is 0. The van der Waals surface area contributed by atoms with E-state index < -0.39 is 0 Å². The van der Waals surface area contributed by atoms with Crippen LogP contribution in [0.25, 0.3) is 0 Å². The molecule has 0 aliphatic rings. The van der Waals surface area contributed by atoms with Crippen LogP contribution < -0.4 is 5.32 Å². The van der Waals surface area contributed by atoms with E-state index in [1.807, 2.05) is 38.1 Å². The molecule has 0 aliphatic heterocycles. The van der Waals surface area contributed by atoms with Crippen molar-refractivity contribution in [3.05, 3.63) is 69.8 Å². The van der Waals surface area contributed by atoms with Crippen molar-refractivity contribution >= 4 is 11.4 Å². The van der Waals surface area contributed by atoms with Gasteiger partial charge in [-0.15, -0.1) is 0 Å². The lowest BCUT2D eigenvalue weighted by atomic mass is 10.1. The average molecular weight is 270 g/mol. The van der Waals surface area contributed by atoms with E-state index >= 15 is 0 Å². The normalized spacial score (nSPS) is 11.9. The van der Waals surface area contributed by atoms with E-state index in [0.717, 1.165) is 12.0 Å². The molecule has 0 aliphatic carbocycles. The van der Waals surface area contributed by atoms with Crippen molar-refractivity contribution in [2.24, 2.45) is 0 Å². The van der Waals surface area contributed by atoms with E-state index in [4.69, 9.17) is 0 Å². The fourth-order valence-electron chi connectivity index (χ4n) is 2.21. The molecule has 4 nitrogen and oxygen atoms in total. The van der Waals surface area contributed by atoms with Crippen molar-refractivity contribution in [1.82, 2.24) is 0 Å². The molecule has 0 aromatic heterocycles. The fraction of sp³-hybridized carbons (Fsp3) is 0.250. The molecule has 1 N–H and O–H groups in total. The summed E-state index contributed by atoms with van der Waals surface area (Å²) in [6.45, 7) is 3.95. The second kappa shape index (κ2) is 6.19. The molecule has 1 unspecified atom stereocenters. The van der Waals surface area contributed by atoms with Gasteiger partial charge in [-0.05, 0) is 37.5 Å². The van der Waals surface area contributed by atoms with Gasteiger partial charge in [-0.25, -0.2) is 0 Å². The molecule has 20 heavy (non-hydrogen) atoms. The van der Waals surface area contributed by atoms with Gasteiger partial charge in [0.05, 0.1) is 4.92 Å². The highest BCUT2D eigenvalue weighted by molar-refractivity contribution is 5.63. The van der Waals surface area contributed by atoms with Crippen LogP contribution in [0.15, 0.2) is 48.5 Å². The number of anilines is 1. The first-order chi connectivity index (χ1) is 9.56. The summed E-state index contributed by atoms with van der Waals surface area (Å²) in [4.78, 5) is 10.7. The van der Waals surface area contributed by atoms with Gasteiger partial charge >= 0.3 is 0 Å². The van der Waals surface area contributed by atoms with Crippen molar-refractivity contribution in [2.75, 3.05) is 5.32 Å². The Hall–Kier alpha value is -2.36. The topological polar surface area (TPSA) is 55.2 Å². The second-order valence-corrected chi connectivity index (χ2v) is 5.01. The molecule has 0 heterocycles. The molecule has 104 valence electrons. The summed E-state index contributed by atoms with van der Waals surface area (Å²) < 4.78 is 0. The van der Waals surface area contributed by atoms with E-state index in [0.29, 0.717) is 5.69 Å². The van der Waals surface area contributed by atoms with Gasteiger partial charge in [-0.3, -0.25) is 10.1 Å². The van der Waals surface area contributed by atoms with Crippen molar-refractivity contribution < 1.29 is 4.92 Å². The Morgan fingerprint density at radius 1 is 1.20 bits per heavy atom. The quantitative estimate of drug-likeness (QED) is 0.661. The van der Waals surface area contributed by atoms with Crippen LogP contribution in [-0.2, 0) is 6.42 Å². The van der Waals surface area contributed by atoms with Gasteiger partial charge in [0.2, 0.25) is 0 Å². The number of aryl methyl sites for hydroxylation is 1. The van der Waals surface area contributed by atoms with Gasteiger partial charge in [-0.1, -0.05) is 36.4 Å². The van der Waals surface area contributed by atoms with Gasteiger partial charge in [0, 0.05) is 12.1 Å². The average Bonchev–Trinajstić information content (AvgIpc) is 2.39. The van der Waals surface area contributed by atoms with E-state index in [2.05, 4.69) is 17.4 Å². The van der Waals surface area contributed by atoms with Crippen LogP contribution >= 0.6 is 0 Å². The Morgan fingerprint density at radius 2 is 1.90 bits per heavy atom. The third-order valence-electron chi connectivity index (χ3n) is 3.14. The largest absolute Gasteiger partial charge is 0.377 e. The number of nitrogens with zero attached hydrogens (tertiary/aromatic N) is 1. The third kappa shape index (κ3) is 3.57. The minimum Gasteiger partial charge on any atom is -0.377 e. The van der Waals surface area contributed by atoms with E-state index in [1.165, 1.54) is 5.56 Å². The minimum absolute atomic E-state index is 0.121. The molecule has 0 fully saturated rings. The van der Waals surface area contributed by atoms with Crippen molar-refractivity contribution in [2.45, 2.75) is 26.3 Å². The molecule has 0 amide bonds. The number of hydrogen-bond acceptors (Lipinski definition) is 3. The maximum Gasteiger partial charge on any atom is 0.292 e. The highest BCUT2D eigenvalue weighted by Gasteiger charge is 2.15. The van der Waals surface area contributed by atoms with Gasteiger partial charge < -0.3 is 5.32 Å². The highest BCUT2D eigenvalue weighted by atomic mass is 16.6. The number of benzene rings is 2. The molecule has 1 atom stereocenters. The Morgan fingerprint density at radius 3 is 2.55 bits per heavy atom. The number of hydrogen-bond donors (Lipinski definition) is 1. The molecular formula is C16H18N2O2. The number of nitrogens with one attached hydrogen (secondary N) is 1. The molecule has 2 rings (SSSR count). The first-order valence-electron chi connectivity index (χ1n) is 6.62. The molecule has 2 aromatic carbocycles. The first kappa shape index (κ1) is 14.1. The summed E-state index contributed by atoms with van der Waals surface area (Å²) in [5.41, 5.74) is 2.92. The molecule has 0 saturated heterocycles. The van der Waals surface area contributed by atoms with E-state index in [-0.39, 0.29) is 16.7 Å². The molecule has 0 spiro atoms. The highest BCUT2D eigenvalue weighted by Crippen LogP contribution is 2.26. The van der Waals surface area contributed by atoms with Crippen LogP contribution in [0.4, 0.5) is 11.4 Å². The van der Waals surface area contributed by atoms with E-state index in [1.54, 1.807) is 12.1 Å². The van der Waals surface area contributed by atoms with Gasteiger partial charge in [0.25, 0.3) is 5.69 Å². The Labute approximate surface area is 118 Å². The molecule has 4 heteroatoms. The van der Waals surface area contributed by atoms with Gasteiger partial charge in [0.1, 0.15) is 5.69 Å². The summed E-state index contributed by atoms with van der Waals surface area (Å²) in [6.07, 6.45) is 0.825. The molecule has 0 bridgehead atoms. The zero-order chi connectivity index (χ0) is 14.5. The van der Waals surface area contributed by atoms with Crippen LogP contribution in [0.1, 0.15) is 18.1 Å². The predicted molar refractivity (Wildman–Crippen MR) is 81.1 cm³/mol. The summed E-state index contributed by atoms with van der Waals surface area (Å²) in [7, 11) is 0. The van der Waals surface area contributed by atoms with Crippen molar-refractivity contribution in [3.8, 4) is 0 Å². The minimum atomic E-state index is -0.350. The zero-order valence-corrected chi connectivity index (χ0v) is 11.7. The molecule has 0 saturated carbocycles. The maximum atomic E-state index is 11.0. The molecule has 2 aromatic rings. The Bertz CT molecular complexity index is 597. The third-order valence-corrected chi connectivity index (χ3v) is 3.14. The summed E-state index contributed by atoms with van der Waals surface area (Å²) in [6, 6.07) is 15.3. The predicted octanol–water partition coefficient (Wildman–Crippen LogP) is 3.95. The number of rotatable bonds is 5. The number of nitro benzene ring substituents is 1. The lowest BCUT2D eigenvalue weighted by Gasteiger charge is -2.15. The monoisotopic (exact) mass is 270 g/mol. The van der Waals surface area contributed by atoms with Crippen LogP contribution in [0.2, 0.25) is 0 Å². The van der Waals surface area contributed by atoms with Gasteiger partial charge in [0.15, 0.2) is 0 Å². The molecular weight excluding hydrogens is 252 g/mol. The Kier molecular flexibility index (Phi) is 4.35. The molecule has 0 radical (unpaired) electrons. The number of nitro groups is 1. The van der Waals surface area contributed by atoms with Crippen LogP contribution in [-0.4, -0.2) is 11.0 Å². The first-order valence-corrected chi connectivity index (χ1v) is 6.62. The van der Waals surface area contributed by atoms with Crippen molar-refractivity contribution in [3.63, 3.8) is 0 Å². The second-order valence-electron chi connectivity index (χ2n) is 5.01. The summed E-state index contributed by atoms with van der Waals surface area (Å²) in [5, 5.41) is 14.3. The smallest absolute Gasteiger partial charge is 0.292 e. The summed E-state index contributed by atoms with van der Waals surface area (Å²) >= 11 is 0. The van der Waals surface area contributed by atoms with Gasteiger partial charge in [-0.2, -0.15) is 0 Å². The van der Waals surface area contributed by atoms with Crippen LogP contribution in [0.3, 0.4) is 0 Å². The van der Waals surface area contributed by atoms with Crippen LogP contribution in [0, 0.1) is 17.0 Å². The van der Waals surface area contributed by atoms with Crippen LogP contribution in [0.5, 0.6) is 0 Å². The van der Waals surface area contributed by atoms with Crippen molar-refractivity contribution in [1.29, 1.82) is 0 Å². The zero-order valence-electron chi connectivity index (χ0n) is 11.7. The SMILES string of the molecule is Cc1ccc([N+](=O)[O-])c(NC(C)Cc2ccccc2)c1. The standard InChI is InChI=1S/C16H18N2O2/c1-12-8-9-16(18(19)20)15(10-12)17-13(2)11-14-6-4-3-5-7-14/h3-10,13,17H,11H2,1-2H3. The fourth-order valence-corrected chi connectivity index (χ4v) is 2.21.